The Hall–Kier alpha value is -2.83. The summed E-state index contributed by atoms with van der Waals surface area (Å²) in [4.78, 5) is 32.6. The molecule has 0 spiro atoms. The number of aromatic amines is 1. The number of nitrogens with one attached hydrogen (secondary N) is 1. The van der Waals surface area contributed by atoms with E-state index in [2.05, 4.69) is 9.97 Å². The predicted octanol–water partition coefficient (Wildman–Crippen LogP) is 2.47. The van der Waals surface area contributed by atoms with E-state index in [1.54, 1.807) is 23.2 Å². The SMILES string of the molecule is CCCn1c(=O)c2[nH]c(/C=C/c3ccoc3)nc2n(CCC)c1=O. The Morgan fingerprint density at radius 1 is 1.17 bits per heavy atom. The number of imidazole rings is 1. The molecule has 7 heteroatoms. The van der Waals surface area contributed by atoms with E-state index in [9.17, 15) is 9.59 Å². The fraction of sp³-hybridized carbons (Fsp3) is 0.353. The summed E-state index contributed by atoms with van der Waals surface area (Å²) in [6, 6.07) is 1.82. The molecule has 0 saturated heterocycles. The van der Waals surface area contributed by atoms with E-state index in [0.29, 0.717) is 36.5 Å². The molecule has 0 fully saturated rings. The highest BCUT2D eigenvalue weighted by molar-refractivity contribution is 5.75. The second kappa shape index (κ2) is 6.74. The summed E-state index contributed by atoms with van der Waals surface area (Å²) in [6.45, 7) is 4.85. The standard InChI is InChI=1S/C17H20N4O3/c1-3-8-20-15-14(16(22)21(9-4-2)17(20)23)18-13(19-15)6-5-12-7-10-24-11-12/h5-7,10-11H,3-4,8-9H2,1-2H3,(H,18,19)/b6-5+. The Morgan fingerprint density at radius 3 is 2.58 bits per heavy atom. The maximum atomic E-state index is 12.6. The molecule has 7 nitrogen and oxygen atoms in total. The van der Waals surface area contributed by atoms with Gasteiger partial charge in [-0.3, -0.25) is 13.9 Å². The van der Waals surface area contributed by atoms with E-state index in [1.165, 1.54) is 4.57 Å². The Labute approximate surface area is 138 Å². The zero-order valence-corrected chi connectivity index (χ0v) is 13.8. The first kappa shape index (κ1) is 16.0. The van der Waals surface area contributed by atoms with Crippen LogP contribution in [0.4, 0.5) is 0 Å². The molecular formula is C17H20N4O3. The molecule has 0 aromatic carbocycles. The van der Waals surface area contributed by atoms with Gasteiger partial charge in [0.15, 0.2) is 5.65 Å². The number of rotatable bonds is 6. The zero-order chi connectivity index (χ0) is 17.1. The van der Waals surface area contributed by atoms with Gasteiger partial charge in [0.1, 0.15) is 11.3 Å². The molecule has 0 bridgehead atoms. The van der Waals surface area contributed by atoms with Crippen LogP contribution in [0.15, 0.2) is 32.6 Å². The Kier molecular flexibility index (Phi) is 4.50. The molecule has 0 amide bonds. The number of hydrogen-bond donors (Lipinski definition) is 1. The van der Waals surface area contributed by atoms with Gasteiger partial charge in [0.25, 0.3) is 5.56 Å². The van der Waals surface area contributed by atoms with Crippen molar-refractivity contribution >= 4 is 23.3 Å². The van der Waals surface area contributed by atoms with Gasteiger partial charge in [-0.05, 0) is 31.1 Å². The van der Waals surface area contributed by atoms with Gasteiger partial charge in [-0.1, -0.05) is 13.8 Å². The minimum Gasteiger partial charge on any atom is -0.472 e. The largest absolute Gasteiger partial charge is 0.472 e. The van der Waals surface area contributed by atoms with E-state index in [1.807, 2.05) is 26.0 Å². The molecule has 0 saturated carbocycles. The molecule has 0 aliphatic heterocycles. The van der Waals surface area contributed by atoms with Crippen LogP contribution in [0.5, 0.6) is 0 Å². The zero-order valence-electron chi connectivity index (χ0n) is 13.8. The smallest absolute Gasteiger partial charge is 0.332 e. The number of fused-ring (bicyclic) bond motifs is 1. The van der Waals surface area contributed by atoms with Gasteiger partial charge in [0, 0.05) is 18.7 Å². The highest BCUT2D eigenvalue weighted by Gasteiger charge is 2.15. The Morgan fingerprint density at radius 2 is 1.92 bits per heavy atom. The van der Waals surface area contributed by atoms with Crippen LogP contribution < -0.4 is 11.2 Å². The number of aryl methyl sites for hydroxylation is 1. The summed E-state index contributed by atoms with van der Waals surface area (Å²) in [5.41, 5.74) is 1.05. The summed E-state index contributed by atoms with van der Waals surface area (Å²) in [5.74, 6) is 0.529. The van der Waals surface area contributed by atoms with Crippen molar-refractivity contribution in [2.75, 3.05) is 0 Å². The normalized spacial score (nSPS) is 11.8. The fourth-order valence-electron chi connectivity index (χ4n) is 2.65. The molecule has 0 unspecified atom stereocenters. The maximum Gasteiger partial charge on any atom is 0.332 e. The third kappa shape index (κ3) is 2.84. The number of aromatic nitrogens is 4. The molecule has 0 aliphatic carbocycles. The second-order valence-electron chi connectivity index (χ2n) is 5.60. The summed E-state index contributed by atoms with van der Waals surface area (Å²) in [6.07, 6.45) is 8.28. The van der Waals surface area contributed by atoms with Crippen molar-refractivity contribution in [1.82, 2.24) is 19.1 Å². The first-order chi connectivity index (χ1) is 11.7. The van der Waals surface area contributed by atoms with Crippen molar-refractivity contribution in [2.24, 2.45) is 0 Å². The number of hydrogen-bond acceptors (Lipinski definition) is 4. The van der Waals surface area contributed by atoms with E-state index < -0.39 is 0 Å². The van der Waals surface area contributed by atoms with Crippen LogP contribution in [0.3, 0.4) is 0 Å². The summed E-state index contributed by atoms with van der Waals surface area (Å²) in [5, 5.41) is 0. The first-order valence-electron chi connectivity index (χ1n) is 8.09. The van der Waals surface area contributed by atoms with Gasteiger partial charge in [-0.2, -0.15) is 0 Å². The van der Waals surface area contributed by atoms with Crippen LogP contribution in [0.25, 0.3) is 23.3 Å². The van der Waals surface area contributed by atoms with Crippen molar-refractivity contribution in [1.29, 1.82) is 0 Å². The lowest BCUT2D eigenvalue weighted by Gasteiger charge is -2.09. The number of nitrogens with zero attached hydrogens (tertiary/aromatic N) is 3. The van der Waals surface area contributed by atoms with Gasteiger partial charge in [0.2, 0.25) is 0 Å². The summed E-state index contributed by atoms with van der Waals surface area (Å²) >= 11 is 0. The quantitative estimate of drug-likeness (QED) is 0.753. The van der Waals surface area contributed by atoms with Gasteiger partial charge in [-0.15, -0.1) is 0 Å². The van der Waals surface area contributed by atoms with Crippen molar-refractivity contribution in [3.63, 3.8) is 0 Å². The molecule has 3 aromatic rings. The van der Waals surface area contributed by atoms with Crippen LogP contribution >= 0.6 is 0 Å². The molecule has 24 heavy (non-hydrogen) atoms. The Bertz CT molecular complexity index is 974. The highest BCUT2D eigenvalue weighted by Crippen LogP contribution is 2.10. The lowest BCUT2D eigenvalue weighted by molar-refractivity contribution is 0.555. The minimum atomic E-state index is -0.320. The highest BCUT2D eigenvalue weighted by atomic mass is 16.3. The van der Waals surface area contributed by atoms with Crippen LogP contribution in [0, 0.1) is 0 Å². The van der Waals surface area contributed by atoms with E-state index in [-0.39, 0.29) is 11.2 Å². The molecule has 3 heterocycles. The maximum absolute atomic E-state index is 12.6. The minimum absolute atomic E-state index is 0.298. The van der Waals surface area contributed by atoms with Crippen molar-refractivity contribution < 1.29 is 4.42 Å². The van der Waals surface area contributed by atoms with Gasteiger partial charge in [0.05, 0.1) is 12.5 Å². The van der Waals surface area contributed by atoms with E-state index in [4.69, 9.17) is 4.42 Å². The lowest BCUT2D eigenvalue weighted by atomic mass is 10.3. The second-order valence-corrected chi connectivity index (χ2v) is 5.60. The van der Waals surface area contributed by atoms with E-state index in [0.717, 1.165) is 12.0 Å². The average molecular weight is 328 g/mol. The third-order valence-corrected chi connectivity index (χ3v) is 3.75. The topological polar surface area (TPSA) is 85.8 Å². The van der Waals surface area contributed by atoms with Crippen molar-refractivity contribution in [3.8, 4) is 0 Å². The third-order valence-electron chi connectivity index (χ3n) is 3.75. The Balaban J connectivity index is 2.16. The first-order valence-corrected chi connectivity index (χ1v) is 8.09. The summed E-state index contributed by atoms with van der Waals surface area (Å²) in [7, 11) is 0. The van der Waals surface area contributed by atoms with Crippen LogP contribution in [0.1, 0.15) is 38.1 Å². The molecule has 0 radical (unpaired) electrons. The molecule has 3 aromatic heterocycles. The molecule has 126 valence electrons. The molecule has 3 rings (SSSR count). The summed E-state index contributed by atoms with van der Waals surface area (Å²) < 4.78 is 7.85. The van der Waals surface area contributed by atoms with Gasteiger partial charge < -0.3 is 9.40 Å². The molecule has 1 N–H and O–H groups in total. The van der Waals surface area contributed by atoms with Crippen LogP contribution in [-0.2, 0) is 13.1 Å². The lowest BCUT2D eigenvalue weighted by Crippen LogP contribution is -2.40. The molecule has 0 aliphatic rings. The van der Waals surface area contributed by atoms with Crippen molar-refractivity contribution in [3.05, 3.63) is 50.8 Å². The fourth-order valence-corrected chi connectivity index (χ4v) is 2.65. The van der Waals surface area contributed by atoms with E-state index >= 15 is 0 Å². The molecule has 0 atom stereocenters. The van der Waals surface area contributed by atoms with Gasteiger partial charge >= 0.3 is 5.69 Å². The number of furan rings is 1. The van der Waals surface area contributed by atoms with Crippen molar-refractivity contribution in [2.45, 2.75) is 39.8 Å². The monoisotopic (exact) mass is 328 g/mol. The predicted molar refractivity (Wildman–Crippen MR) is 92.8 cm³/mol. The average Bonchev–Trinajstić information content (AvgIpc) is 3.23. The number of H-pyrrole nitrogens is 1. The molecular weight excluding hydrogens is 308 g/mol. The van der Waals surface area contributed by atoms with Gasteiger partial charge in [-0.25, -0.2) is 9.78 Å². The van der Waals surface area contributed by atoms with Crippen LogP contribution in [0.2, 0.25) is 0 Å². The van der Waals surface area contributed by atoms with Crippen LogP contribution in [-0.4, -0.2) is 19.1 Å².